The second-order valence-corrected chi connectivity index (χ2v) is 8.10. The summed E-state index contributed by atoms with van der Waals surface area (Å²) in [5, 5.41) is 12.0. The van der Waals surface area contributed by atoms with E-state index < -0.39 is 11.3 Å². The van der Waals surface area contributed by atoms with Gasteiger partial charge in [0.25, 0.3) is 0 Å². The lowest BCUT2D eigenvalue weighted by molar-refractivity contribution is -0.126. The van der Waals surface area contributed by atoms with E-state index in [1.54, 1.807) is 13.8 Å². The number of nitrogens with two attached hydrogens (primary N) is 1. The number of aromatic nitrogens is 3. The van der Waals surface area contributed by atoms with Crippen LogP contribution in [-0.2, 0) is 9.59 Å². The van der Waals surface area contributed by atoms with E-state index in [0.717, 1.165) is 11.3 Å². The van der Waals surface area contributed by atoms with Crippen LogP contribution in [0.4, 0.5) is 0 Å². The van der Waals surface area contributed by atoms with Gasteiger partial charge in [-0.15, -0.1) is 10.2 Å². The quantitative estimate of drug-likeness (QED) is 0.557. The topological polar surface area (TPSA) is 103 Å². The molecule has 1 heterocycles. The Kier molecular flexibility index (Phi) is 6.33. The van der Waals surface area contributed by atoms with Gasteiger partial charge in [0.2, 0.25) is 11.8 Å². The highest BCUT2D eigenvalue weighted by molar-refractivity contribution is 7.99. The molecule has 0 aliphatic heterocycles. The molecule has 0 spiro atoms. The molecule has 0 fully saturated rings. The number of amides is 2. The summed E-state index contributed by atoms with van der Waals surface area (Å²) in [4.78, 5) is 23.7. The van der Waals surface area contributed by atoms with E-state index in [4.69, 9.17) is 5.73 Å². The molecular weight excluding hydrogens is 386 g/mol. The fourth-order valence-electron chi connectivity index (χ4n) is 2.54. The van der Waals surface area contributed by atoms with Gasteiger partial charge in [0.15, 0.2) is 11.0 Å². The van der Waals surface area contributed by atoms with E-state index in [2.05, 4.69) is 15.5 Å². The van der Waals surface area contributed by atoms with Crippen LogP contribution < -0.4 is 11.1 Å². The Morgan fingerprint density at radius 1 is 1.03 bits per heavy atom. The van der Waals surface area contributed by atoms with Crippen molar-refractivity contribution in [1.82, 2.24) is 20.1 Å². The van der Waals surface area contributed by atoms with Crippen molar-refractivity contribution in [1.29, 1.82) is 0 Å². The lowest BCUT2D eigenvalue weighted by Gasteiger charge is -2.20. The highest BCUT2D eigenvalue weighted by Crippen LogP contribution is 2.27. The molecule has 3 N–H and O–H groups in total. The summed E-state index contributed by atoms with van der Waals surface area (Å²) in [6.07, 6.45) is 0. The molecule has 0 unspecified atom stereocenters. The van der Waals surface area contributed by atoms with Crippen LogP contribution in [0.1, 0.15) is 13.8 Å². The average molecular weight is 410 g/mol. The predicted octanol–water partition coefficient (Wildman–Crippen LogP) is 2.65. The number of thioether (sulfide) groups is 1. The first-order chi connectivity index (χ1) is 13.9. The third-order valence-electron chi connectivity index (χ3n) is 4.41. The van der Waals surface area contributed by atoms with Crippen molar-refractivity contribution in [3.05, 3.63) is 60.7 Å². The Hall–Kier alpha value is -3.13. The Morgan fingerprint density at radius 3 is 2.28 bits per heavy atom. The minimum atomic E-state index is -0.801. The molecule has 2 aromatic carbocycles. The van der Waals surface area contributed by atoms with Crippen LogP contribution in [0.5, 0.6) is 0 Å². The summed E-state index contributed by atoms with van der Waals surface area (Å²) < 4.78 is 1.93. The van der Waals surface area contributed by atoms with Gasteiger partial charge >= 0.3 is 0 Å². The van der Waals surface area contributed by atoms with Gasteiger partial charge in [-0.25, -0.2) is 0 Å². The molecule has 150 valence electrons. The van der Waals surface area contributed by atoms with Crippen LogP contribution in [0.25, 0.3) is 17.1 Å². The van der Waals surface area contributed by atoms with E-state index in [9.17, 15) is 9.59 Å². The number of carbonyl (C=O) groups is 2. The number of hydrogen-bond acceptors (Lipinski definition) is 5. The number of nitrogens with zero attached hydrogens (tertiary/aromatic N) is 3. The standard InChI is InChI=1S/C21H23N5O2S/c1-21(2,19(22)28)14-23-17(27)13-29-20-25-24-18(15-9-5-3-6-10-15)26(20)16-11-7-4-8-12-16/h3-12H,13-14H2,1-2H3,(H2,22,28)(H,23,27). The summed E-state index contributed by atoms with van der Waals surface area (Å²) >= 11 is 1.29. The molecule has 1 aromatic heterocycles. The van der Waals surface area contributed by atoms with Gasteiger partial charge in [0.1, 0.15) is 0 Å². The molecule has 0 saturated heterocycles. The Labute approximate surface area is 173 Å². The fourth-order valence-corrected chi connectivity index (χ4v) is 3.32. The molecule has 2 amide bonds. The van der Waals surface area contributed by atoms with Crippen molar-refractivity contribution in [3.8, 4) is 17.1 Å². The summed E-state index contributed by atoms with van der Waals surface area (Å²) in [6.45, 7) is 3.57. The Bertz CT molecular complexity index is 987. The number of primary amides is 1. The number of rotatable bonds is 8. The maximum atomic E-state index is 12.3. The Balaban J connectivity index is 1.79. The summed E-state index contributed by atoms with van der Waals surface area (Å²) in [7, 11) is 0. The van der Waals surface area contributed by atoms with Crippen LogP contribution >= 0.6 is 11.8 Å². The van der Waals surface area contributed by atoms with Crippen molar-refractivity contribution >= 4 is 23.6 Å². The van der Waals surface area contributed by atoms with Gasteiger partial charge in [0, 0.05) is 17.8 Å². The monoisotopic (exact) mass is 409 g/mol. The molecule has 3 rings (SSSR count). The van der Waals surface area contributed by atoms with E-state index in [1.807, 2.05) is 65.2 Å². The number of carbonyl (C=O) groups excluding carboxylic acids is 2. The molecule has 0 aliphatic carbocycles. The second-order valence-electron chi connectivity index (χ2n) is 7.16. The molecule has 7 nitrogen and oxygen atoms in total. The van der Waals surface area contributed by atoms with Gasteiger partial charge in [-0.05, 0) is 26.0 Å². The van der Waals surface area contributed by atoms with Crippen molar-refractivity contribution in [2.24, 2.45) is 11.1 Å². The van der Waals surface area contributed by atoms with Crippen LogP contribution in [0.15, 0.2) is 65.8 Å². The Morgan fingerprint density at radius 2 is 1.66 bits per heavy atom. The molecular formula is C21H23N5O2S. The van der Waals surface area contributed by atoms with E-state index >= 15 is 0 Å². The summed E-state index contributed by atoms with van der Waals surface area (Å²) in [5.41, 5.74) is 6.39. The minimum absolute atomic E-state index is 0.147. The number of nitrogens with one attached hydrogen (secondary N) is 1. The lowest BCUT2D eigenvalue weighted by Crippen LogP contribution is -2.42. The molecule has 8 heteroatoms. The van der Waals surface area contributed by atoms with Gasteiger partial charge in [-0.2, -0.15) is 0 Å². The maximum absolute atomic E-state index is 12.3. The maximum Gasteiger partial charge on any atom is 0.230 e. The van der Waals surface area contributed by atoms with E-state index in [-0.39, 0.29) is 18.2 Å². The first kappa shape index (κ1) is 20.6. The normalized spacial score (nSPS) is 11.2. The van der Waals surface area contributed by atoms with Gasteiger partial charge in [-0.1, -0.05) is 60.3 Å². The van der Waals surface area contributed by atoms with Crippen LogP contribution in [-0.4, -0.2) is 38.9 Å². The summed E-state index contributed by atoms with van der Waals surface area (Å²) in [5.74, 6) is 0.193. The first-order valence-corrected chi connectivity index (χ1v) is 10.1. The van der Waals surface area contributed by atoms with E-state index in [1.165, 1.54) is 11.8 Å². The van der Waals surface area contributed by atoms with Crippen LogP contribution in [0.3, 0.4) is 0 Å². The predicted molar refractivity (Wildman–Crippen MR) is 114 cm³/mol. The van der Waals surface area contributed by atoms with Crippen molar-refractivity contribution < 1.29 is 9.59 Å². The minimum Gasteiger partial charge on any atom is -0.369 e. The zero-order chi connectivity index (χ0) is 20.9. The molecule has 3 aromatic rings. The second kappa shape index (κ2) is 8.91. The average Bonchev–Trinajstić information content (AvgIpc) is 3.16. The molecule has 0 bridgehead atoms. The van der Waals surface area contributed by atoms with Crippen LogP contribution in [0.2, 0.25) is 0 Å². The van der Waals surface area contributed by atoms with Crippen molar-refractivity contribution in [3.63, 3.8) is 0 Å². The highest BCUT2D eigenvalue weighted by atomic mass is 32.2. The molecule has 0 aliphatic rings. The fraction of sp³-hybridized carbons (Fsp3) is 0.238. The van der Waals surface area contributed by atoms with Crippen molar-refractivity contribution in [2.45, 2.75) is 19.0 Å². The van der Waals surface area contributed by atoms with Gasteiger partial charge in [0.05, 0.1) is 11.2 Å². The number of hydrogen-bond donors (Lipinski definition) is 2. The van der Waals surface area contributed by atoms with Gasteiger partial charge < -0.3 is 11.1 Å². The first-order valence-electron chi connectivity index (χ1n) is 9.14. The van der Waals surface area contributed by atoms with E-state index in [0.29, 0.717) is 11.0 Å². The van der Waals surface area contributed by atoms with Crippen molar-refractivity contribution in [2.75, 3.05) is 12.3 Å². The van der Waals surface area contributed by atoms with Crippen LogP contribution in [0, 0.1) is 5.41 Å². The third kappa shape index (κ3) is 5.03. The zero-order valence-electron chi connectivity index (χ0n) is 16.3. The smallest absolute Gasteiger partial charge is 0.230 e. The number of para-hydroxylation sites is 1. The third-order valence-corrected chi connectivity index (χ3v) is 5.34. The molecule has 0 radical (unpaired) electrons. The largest absolute Gasteiger partial charge is 0.369 e. The zero-order valence-corrected chi connectivity index (χ0v) is 17.1. The van der Waals surface area contributed by atoms with Gasteiger partial charge in [-0.3, -0.25) is 14.2 Å². The highest BCUT2D eigenvalue weighted by Gasteiger charge is 2.25. The summed E-state index contributed by atoms with van der Waals surface area (Å²) in [6, 6.07) is 19.5. The number of benzene rings is 2. The molecule has 29 heavy (non-hydrogen) atoms. The molecule has 0 atom stereocenters. The SMILES string of the molecule is CC(C)(CNC(=O)CSc1nnc(-c2ccccc2)n1-c1ccccc1)C(N)=O. The molecule has 0 saturated carbocycles. The lowest BCUT2D eigenvalue weighted by atomic mass is 9.93.